The SMILES string of the molecule is COc1ccc([C@@H](C)NC(=O)C(=O)Nc2ccc(F)cc2)cc1. The molecule has 2 aromatic carbocycles. The van der Waals surface area contributed by atoms with Crippen LogP contribution in [0.25, 0.3) is 0 Å². The zero-order valence-electron chi connectivity index (χ0n) is 12.8. The van der Waals surface area contributed by atoms with E-state index in [0.29, 0.717) is 11.4 Å². The minimum absolute atomic E-state index is 0.340. The molecule has 0 aromatic heterocycles. The second kappa shape index (κ2) is 7.40. The van der Waals surface area contributed by atoms with Crippen molar-refractivity contribution in [2.75, 3.05) is 12.4 Å². The molecule has 0 heterocycles. The van der Waals surface area contributed by atoms with Gasteiger partial charge in [0.25, 0.3) is 0 Å². The van der Waals surface area contributed by atoms with E-state index in [1.807, 2.05) is 12.1 Å². The lowest BCUT2D eigenvalue weighted by molar-refractivity contribution is -0.136. The number of anilines is 1. The molecule has 0 saturated heterocycles. The molecule has 0 unspecified atom stereocenters. The molecule has 2 rings (SSSR count). The minimum Gasteiger partial charge on any atom is -0.497 e. The molecule has 0 aliphatic rings. The number of carbonyl (C=O) groups is 2. The van der Waals surface area contributed by atoms with Crippen LogP contribution in [-0.4, -0.2) is 18.9 Å². The van der Waals surface area contributed by atoms with Gasteiger partial charge in [0.2, 0.25) is 0 Å². The number of carbonyl (C=O) groups excluding carboxylic acids is 2. The van der Waals surface area contributed by atoms with Crippen LogP contribution in [0.2, 0.25) is 0 Å². The third-order valence-electron chi connectivity index (χ3n) is 3.27. The van der Waals surface area contributed by atoms with Crippen LogP contribution in [-0.2, 0) is 9.59 Å². The van der Waals surface area contributed by atoms with E-state index in [-0.39, 0.29) is 6.04 Å². The third-order valence-corrected chi connectivity index (χ3v) is 3.27. The van der Waals surface area contributed by atoms with Gasteiger partial charge in [0.15, 0.2) is 0 Å². The normalized spacial score (nSPS) is 11.4. The molecule has 0 spiro atoms. The molecule has 6 heteroatoms. The molecule has 0 aliphatic carbocycles. The number of benzene rings is 2. The zero-order chi connectivity index (χ0) is 16.8. The first-order chi connectivity index (χ1) is 11.0. The third kappa shape index (κ3) is 4.54. The van der Waals surface area contributed by atoms with Gasteiger partial charge in [0.1, 0.15) is 11.6 Å². The van der Waals surface area contributed by atoms with Crippen molar-refractivity contribution < 1.29 is 18.7 Å². The molecule has 120 valence electrons. The highest BCUT2D eigenvalue weighted by Crippen LogP contribution is 2.17. The van der Waals surface area contributed by atoms with Gasteiger partial charge < -0.3 is 15.4 Å². The monoisotopic (exact) mass is 316 g/mol. The number of ether oxygens (including phenoxy) is 1. The zero-order valence-corrected chi connectivity index (χ0v) is 12.8. The summed E-state index contributed by atoms with van der Waals surface area (Å²) in [5.74, 6) is -1.28. The van der Waals surface area contributed by atoms with Gasteiger partial charge in [-0.2, -0.15) is 0 Å². The molecule has 2 amide bonds. The molecular formula is C17H17FN2O3. The van der Waals surface area contributed by atoms with E-state index in [2.05, 4.69) is 10.6 Å². The second-order valence-electron chi connectivity index (χ2n) is 4.93. The first kappa shape index (κ1) is 16.5. The van der Waals surface area contributed by atoms with Crippen LogP contribution in [0.3, 0.4) is 0 Å². The Kier molecular flexibility index (Phi) is 5.30. The van der Waals surface area contributed by atoms with Crippen molar-refractivity contribution in [3.63, 3.8) is 0 Å². The first-order valence-corrected chi connectivity index (χ1v) is 7.01. The second-order valence-corrected chi connectivity index (χ2v) is 4.93. The molecule has 2 aromatic rings. The van der Waals surface area contributed by atoms with Crippen molar-refractivity contribution in [2.45, 2.75) is 13.0 Å². The first-order valence-electron chi connectivity index (χ1n) is 7.01. The van der Waals surface area contributed by atoms with Crippen LogP contribution in [0.15, 0.2) is 48.5 Å². The Morgan fingerprint density at radius 3 is 2.17 bits per heavy atom. The average Bonchev–Trinajstić information content (AvgIpc) is 2.56. The van der Waals surface area contributed by atoms with Crippen molar-refractivity contribution in [1.29, 1.82) is 0 Å². The van der Waals surface area contributed by atoms with E-state index in [4.69, 9.17) is 4.74 Å². The number of hydrogen-bond donors (Lipinski definition) is 2. The number of nitrogens with one attached hydrogen (secondary N) is 2. The largest absolute Gasteiger partial charge is 0.497 e. The summed E-state index contributed by atoms with van der Waals surface area (Å²) >= 11 is 0. The van der Waals surface area contributed by atoms with Gasteiger partial charge in [-0.25, -0.2) is 4.39 Å². The quantitative estimate of drug-likeness (QED) is 0.852. The molecule has 2 N–H and O–H groups in total. The number of hydrogen-bond acceptors (Lipinski definition) is 3. The summed E-state index contributed by atoms with van der Waals surface area (Å²) < 4.78 is 17.9. The number of halogens is 1. The Hall–Kier alpha value is -2.89. The average molecular weight is 316 g/mol. The van der Waals surface area contributed by atoms with Crippen molar-refractivity contribution in [1.82, 2.24) is 5.32 Å². The molecule has 0 bridgehead atoms. The van der Waals surface area contributed by atoms with Crippen LogP contribution >= 0.6 is 0 Å². The van der Waals surface area contributed by atoms with Crippen LogP contribution in [0.5, 0.6) is 5.75 Å². The van der Waals surface area contributed by atoms with E-state index in [9.17, 15) is 14.0 Å². The predicted molar refractivity (Wildman–Crippen MR) is 84.6 cm³/mol. The predicted octanol–water partition coefficient (Wildman–Crippen LogP) is 2.65. The lowest BCUT2D eigenvalue weighted by Gasteiger charge is -2.14. The van der Waals surface area contributed by atoms with Gasteiger partial charge in [-0.1, -0.05) is 12.1 Å². The number of rotatable bonds is 4. The summed E-state index contributed by atoms with van der Waals surface area (Å²) in [7, 11) is 1.57. The highest BCUT2D eigenvalue weighted by Gasteiger charge is 2.17. The molecular weight excluding hydrogens is 299 g/mol. The smallest absolute Gasteiger partial charge is 0.313 e. The van der Waals surface area contributed by atoms with Gasteiger partial charge >= 0.3 is 11.8 Å². The topological polar surface area (TPSA) is 67.4 Å². The van der Waals surface area contributed by atoms with Crippen molar-refractivity contribution >= 4 is 17.5 Å². The van der Waals surface area contributed by atoms with E-state index < -0.39 is 17.6 Å². The fourth-order valence-corrected chi connectivity index (χ4v) is 1.96. The van der Waals surface area contributed by atoms with Crippen LogP contribution in [0, 0.1) is 5.82 Å². The highest BCUT2D eigenvalue weighted by molar-refractivity contribution is 6.39. The summed E-state index contributed by atoms with van der Waals surface area (Å²) in [6.07, 6.45) is 0. The molecule has 0 fully saturated rings. The van der Waals surface area contributed by atoms with Gasteiger partial charge in [-0.15, -0.1) is 0 Å². The fourth-order valence-electron chi connectivity index (χ4n) is 1.96. The van der Waals surface area contributed by atoms with Crippen molar-refractivity contribution in [2.24, 2.45) is 0 Å². The van der Waals surface area contributed by atoms with Gasteiger partial charge in [-0.3, -0.25) is 9.59 Å². The Morgan fingerprint density at radius 1 is 1.00 bits per heavy atom. The molecule has 23 heavy (non-hydrogen) atoms. The summed E-state index contributed by atoms with van der Waals surface area (Å²) in [5, 5.41) is 5.01. The Morgan fingerprint density at radius 2 is 1.61 bits per heavy atom. The Bertz CT molecular complexity index is 684. The Labute approximate surface area is 133 Å². The summed E-state index contributed by atoms with van der Waals surface area (Å²) in [4.78, 5) is 23.7. The maximum absolute atomic E-state index is 12.8. The van der Waals surface area contributed by atoms with E-state index in [0.717, 1.165) is 5.56 Å². The van der Waals surface area contributed by atoms with Crippen molar-refractivity contribution in [3.05, 3.63) is 59.9 Å². The summed E-state index contributed by atoms with van der Waals surface area (Å²) in [6, 6.07) is 12.0. The van der Waals surface area contributed by atoms with Crippen LogP contribution in [0.4, 0.5) is 10.1 Å². The van der Waals surface area contributed by atoms with E-state index in [1.54, 1.807) is 26.2 Å². The van der Waals surface area contributed by atoms with E-state index in [1.165, 1.54) is 24.3 Å². The van der Waals surface area contributed by atoms with Crippen LogP contribution < -0.4 is 15.4 Å². The maximum atomic E-state index is 12.8. The minimum atomic E-state index is -0.808. The van der Waals surface area contributed by atoms with E-state index >= 15 is 0 Å². The molecule has 0 radical (unpaired) electrons. The Balaban J connectivity index is 1.94. The molecule has 0 saturated carbocycles. The lowest BCUT2D eigenvalue weighted by atomic mass is 10.1. The van der Waals surface area contributed by atoms with Crippen LogP contribution in [0.1, 0.15) is 18.5 Å². The maximum Gasteiger partial charge on any atom is 0.313 e. The molecule has 0 aliphatic heterocycles. The number of methoxy groups -OCH3 is 1. The summed E-state index contributed by atoms with van der Waals surface area (Å²) in [5.41, 5.74) is 1.19. The lowest BCUT2D eigenvalue weighted by Crippen LogP contribution is -2.36. The van der Waals surface area contributed by atoms with Gasteiger partial charge in [0, 0.05) is 5.69 Å². The summed E-state index contributed by atoms with van der Waals surface area (Å²) in [6.45, 7) is 1.77. The highest BCUT2D eigenvalue weighted by atomic mass is 19.1. The van der Waals surface area contributed by atoms with Gasteiger partial charge in [0.05, 0.1) is 13.2 Å². The van der Waals surface area contributed by atoms with Crippen molar-refractivity contribution in [3.8, 4) is 5.75 Å². The standard InChI is InChI=1S/C17H17FN2O3/c1-11(12-3-9-15(23-2)10-4-12)19-16(21)17(22)20-14-7-5-13(18)6-8-14/h3-11H,1-2H3,(H,19,21)(H,20,22)/t11-/m1/s1. The van der Waals surface area contributed by atoms with Gasteiger partial charge in [-0.05, 0) is 48.9 Å². The number of amides is 2. The fraction of sp³-hybridized carbons (Fsp3) is 0.176. The molecule has 1 atom stereocenters. The molecule has 5 nitrogen and oxygen atoms in total.